The van der Waals surface area contributed by atoms with Gasteiger partial charge in [-0.15, -0.1) is 0 Å². The van der Waals surface area contributed by atoms with Crippen LogP contribution in [0.4, 0.5) is 17.6 Å². The highest BCUT2D eigenvalue weighted by molar-refractivity contribution is 5.58. The van der Waals surface area contributed by atoms with Crippen molar-refractivity contribution in [2.24, 2.45) is 0 Å². The summed E-state index contributed by atoms with van der Waals surface area (Å²) in [4.78, 5) is 2.36. The number of rotatable bonds is 5. The fourth-order valence-corrected chi connectivity index (χ4v) is 4.39. The van der Waals surface area contributed by atoms with Crippen molar-refractivity contribution in [1.82, 2.24) is 14.6 Å². The predicted octanol–water partition coefficient (Wildman–Crippen LogP) is 6.67. The van der Waals surface area contributed by atoms with Gasteiger partial charge in [0.1, 0.15) is 17.3 Å². The average molecular weight is 469 g/mol. The first-order valence-electron chi connectivity index (χ1n) is 11.1. The maximum absolute atomic E-state index is 13.1. The molecule has 1 fully saturated rings. The molecule has 0 radical (unpaired) electrons. The van der Waals surface area contributed by atoms with E-state index in [9.17, 15) is 17.6 Å². The van der Waals surface area contributed by atoms with E-state index in [1.165, 1.54) is 24.3 Å². The van der Waals surface area contributed by atoms with Crippen LogP contribution in [0, 0.1) is 5.82 Å². The van der Waals surface area contributed by atoms with E-state index in [4.69, 9.17) is 4.52 Å². The van der Waals surface area contributed by atoms with Gasteiger partial charge in [-0.3, -0.25) is 4.90 Å². The Hall–Kier alpha value is -3.39. The Morgan fingerprint density at radius 3 is 2.32 bits per heavy atom. The van der Waals surface area contributed by atoms with Gasteiger partial charge in [0.2, 0.25) is 0 Å². The van der Waals surface area contributed by atoms with E-state index in [0.29, 0.717) is 11.4 Å². The van der Waals surface area contributed by atoms with Crippen molar-refractivity contribution in [3.05, 3.63) is 95.8 Å². The van der Waals surface area contributed by atoms with Crippen LogP contribution >= 0.6 is 0 Å². The molecule has 1 saturated heterocycles. The Morgan fingerprint density at radius 2 is 1.65 bits per heavy atom. The summed E-state index contributed by atoms with van der Waals surface area (Å²) >= 11 is 0. The van der Waals surface area contributed by atoms with Crippen LogP contribution < -0.4 is 0 Å². The van der Waals surface area contributed by atoms with E-state index in [0.717, 1.165) is 61.5 Å². The van der Waals surface area contributed by atoms with Crippen LogP contribution in [-0.4, -0.2) is 27.7 Å². The van der Waals surface area contributed by atoms with E-state index in [1.807, 2.05) is 29.1 Å². The monoisotopic (exact) mass is 469 g/mol. The van der Waals surface area contributed by atoms with Gasteiger partial charge in [-0.2, -0.15) is 13.2 Å². The summed E-state index contributed by atoms with van der Waals surface area (Å²) in [7, 11) is 0. The number of nitrogens with zero attached hydrogens (tertiary/aromatic N) is 3. The molecule has 2 aromatic heterocycles. The summed E-state index contributed by atoms with van der Waals surface area (Å²) in [6.45, 7) is 2.59. The molecule has 4 aromatic rings. The van der Waals surface area contributed by atoms with Gasteiger partial charge in [-0.25, -0.2) is 4.39 Å². The second-order valence-electron chi connectivity index (χ2n) is 8.64. The van der Waals surface area contributed by atoms with Gasteiger partial charge in [-0.1, -0.05) is 5.16 Å². The third-order valence-corrected chi connectivity index (χ3v) is 6.31. The van der Waals surface area contributed by atoms with Crippen LogP contribution in [0.3, 0.4) is 0 Å². The minimum Gasteiger partial charge on any atom is -0.360 e. The van der Waals surface area contributed by atoms with Crippen molar-refractivity contribution < 1.29 is 22.1 Å². The molecule has 1 aliphatic heterocycles. The van der Waals surface area contributed by atoms with Crippen LogP contribution in [0.1, 0.15) is 35.6 Å². The van der Waals surface area contributed by atoms with Gasteiger partial charge in [0.15, 0.2) is 0 Å². The summed E-state index contributed by atoms with van der Waals surface area (Å²) in [5, 5.41) is 4.15. The fraction of sp³-hybridized carbons (Fsp3) is 0.269. The molecule has 3 heterocycles. The maximum Gasteiger partial charge on any atom is 0.416 e. The number of alkyl halides is 3. The molecule has 0 bridgehead atoms. The summed E-state index contributed by atoms with van der Waals surface area (Å²) in [6, 6.07) is 15.3. The first kappa shape index (κ1) is 22.4. The molecule has 2 aromatic carbocycles. The van der Waals surface area contributed by atoms with Crippen molar-refractivity contribution in [3.8, 4) is 16.9 Å². The van der Waals surface area contributed by atoms with E-state index in [-0.39, 0.29) is 11.7 Å². The summed E-state index contributed by atoms with van der Waals surface area (Å²) in [6.07, 6.45) is 1.38. The lowest BCUT2D eigenvalue weighted by Crippen LogP contribution is -2.32. The maximum atomic E-state index is 13.1. The standard InChI is InChI=1S/C26H23F4N3O/c27-22-5-1-19(2-6-22)24-15-25(34-31-24)20-10-12-32(13-11-20)16-18-9-14-33(17-18)23-7-3-21(4-8-23)26(28,29)30/h1-9,14-15,17,20H,10-13,16H2. The number of halogens is 4. The number of hydrogen-bond donors (Lipinski definition) is 0. The normalized spacial score (nSPS) is 15.6. The van der Waals surface area contributed by atoms with Crippen molar-refractivity contribution in [3.63, 3.8) is 0 Å². The lowest BCUT2D eigenvalue weighted by atomic mass is 9.93. The average Bonchev–Trinajstić information content (AvgIpc) is 3.50. The number of benzene rings is 2. The second-order valence-corrected chi connectivity index (χ2v) is 8.64. The minimum atomic E-state index is -4.33. The fourth-order valence-electron chi connectivity index (χ4n) is 4.39. The largest absolute Gasteiger partial charge is 0.416 e. The highest BCUT2D eigenvalue weighted by Gasteiger charge is 2.30. The molecule has 0 atom stereocenters. The molecular formula is C26H23F4N3O. The SMILES string of the molecule is Fc1ccc(-c2cc(C3CCN(Cc4ccn(-c5ccc(C(F)(F)F)cc5)c4)CC3)on2)cc1. The number of aromatic nitrogens is 2. The lowest BCUT2D eigenvalue weighted by Gasteiger charge is -2.30. The Kier molecular flexibility index (Phi) is 6.00. The Balaban J connectivity index is 1.17. The number of piperidine rings is 1. The molecule has 0 aliphatic carbocycles. The van der Waals surface area contributed by atoms with Crippen molar-refractivity contribution >= 4 is 0 Å². The lowest BCUT2D eigenvalue weighted by molar-refractivity contribution is -0.137. The zero-order valence-electron chi connectivity index (χ0n) is 18.3. The van der Waals surface area contributed by atoms with E-state index in [2.05, 4.69) is 10.1 Å². The van der Waals surface area contributed by atoms with Gasteiger partial charge in [0, 0.05) is 42.2 Å². The molecule has 0 saturated carbocycles. The summed E-state index contributed by atoms with van der Waals surface area (Å²) in [5.41, 5.74) is 2.69. The Bertz CT molecular complexity index is 1230. The molecule has 34 heavy (non-hydrogen) atoms. The quantitative estimate of drug-likeness (QED) is 0.306. The second kappa shape index (κ2) is 9.10. The van der Waals surface area contributed by atoms with E-state index >= 15 is 0 Å². The smallest absolute Gasteiger partial charge is 0.360 e. The van der Waals surface area contributed by atoms with Gasteiger partial charge < -0.3 is 9.09 Å². The van der Waals surface area contributed by atoms with Crippen LogP contribution in [0.5, 0.6) is 0 Å². The third-order valence-electron chi connectivity index (χ3n) is 6.31. The molecular weight excluding hydrogens is 446 g/mol. The van der Waals surface area contributed by atoms with Crippen molar-refractivity contribution in [2.45, 2.75) is 31.5 Å². The molecule has 1 aliphatic rings. The van der Waals surface area contributed by atoms with Gasteiger partial charge >= 0.3 is 6.18 Å². The molecule has 0 spiro atoms. The Morgan fingerprint density at radius 1 is 0.941 bits per heavy atom. The number of likely N-dealkylation sites (tertiary alicyclic amines) is 1. The predicted molar refractivity (Wildman–Crippen MR) is 120 cm³/mol. The first-order valence-corrected chi connectivity index (χ1v) is 11.1. The van der Waals surface area contributed by atoms with Gasteiger partial charge in [0.05, 0.1) is 5.56 Å². The highest BCUT2D eigenvalue weighted by Crippen LogP contribution is 2.32. The molecule has 5 rings (SSSR count). The van der Waals surface area contributed by atoms with Gasteiger partial charge in [0.25, 0.3) is 0 Å². The zero-order chi connectivity index (χ0) is 23.7. The topological polar surface area (TPSA) is 34.2 Å². The van der Waals surface area contributed by atoms with Crippen LogP contribution in [0.25, 0.3) is 16.9 Å². The zero-order valence-corrected chi connectivity index (χ0v) is 18.3. The third kappa shape index (κ3) is 4.92. The summed E-state index contributed by atoms with van der Waals surface area (Å²) in [5.74, 6) is 0.858. The van der Waals surface area contributed by atoms with Crippen LogP contribution in [0.15, 0.2) is 77.6 Å². The highest BCUT2D eigenvalue weighted by atomic mass is 19.4. The molecule has 176 valence electrons. The molecule has 0 N–H and O–H groups in total. The molecule has 4 nitrogen and oxygen atoms in total. The van der Waals surface area contributed by atoms with Crippen molar-refractivity contribution in [1.29, 1.82) is 0 Å². The van der Waals surface area contributed by atoms with E-state index in [1.54, 1.807) is 12.1 Å². The van der Waals surface area contributed by atoms with Gasteiger partial charge in [-0.05, 0) is 86.1 Å². The molecule has 8 heteroatoms. The molecule has 0 unspecified atom stereocenters. The van der Waals surface area contributed by atoms with Crippen LogP contribution in [-0.2, 0) is 12.7 Å². The van der Waals surface area contributed by atoms with Crippen LogP contribution in [0.2, 0.25) is 0 Å². The minimum absolute atomic E-state index is 0.283. The van der Waals surface area contributed by atoms with Crippen molar-refractivity contribution in [2.75, 3.05) is 13.1 Å². The summed E-state index contributed by atoms with van der Waals surface area (Å²) < 4.78 is 58.9. The Labute approximate surface area is 194 Å². The first-order chi connectivity index (χ1) is 16.3. The number of hydrogen-bond acceptors (Lipinski definition) is 3. The van der Waals surface area contributed by atoms with E-state index < -0.39 is 11.7 Å². The molecule has 0 amide bonds.